The van der Waals surface area contributed by atoms with Crippen molar-refractivity contribution in [2.45, 2.75) is 44.6 Å². The second-order valence-corrected chi connectivity index (χ2v) is 4.88. The molecule has 0 heterocycles. The summed E-state index contributed by atoms with van der Waals surface area (Å²) < 4.78 is 0. The van der Waals surface area contributed by atoms with E-state index in [-0.39, 0.29) is 5.92 Å². The molecule has 1 saturated carbocycles. The lowest BCUT2D eigenvalue weighted by Crippen LogP contribution is -2.61. The summed E-state index contributed by atoms with van der Waals surface area (Å²) in [4.78, 5) is 23.2. The molecule has 2 unspecified atom stereocenters. The molecule has 0 aromatic rings. The maximum atomic E-state index is 11.7. The molecule has 2 amide bonds. The number of carboxylic acid groups (broad SMARTS) is 1. The SMILES string of the molecule is C=CCCNC(=O)NC1(C(=O)O)CCCCC1C. The maximum Gasteiger partial charge on any atom is 0.329 e. The standard InChI is InChI=1S/C13H22N2O3/c1-3-4-9-14-12(18)15-13(11(16)17)8-6-5-7-10(13)2/h3,10H,1,4-9H2,2H3,(H,16,17)(H2,14,15,18). The number of carbonyl (C=O) groups is 2. The summed E-state index contributed by atoms with van der Waals surface area (Å²) in [6.45, 7) is 5.92. The van der Waals surface area contributed by atoms with E-state index in [1.165, 1.54) is 0 Å². The largest absolute Gasteiger partial charge is 0.479 e. The summed E-state index contributed by atoms with van der Waals surface area (Å²) in [6.07, 6.45) is 5.57. The second-order valence-electron chi connectivity index (χ2n) is 4.88. The molecule has 0 saturated heterocycles. The normalized spacial score (nSPS) is 27.3. The Bertz CT molecular complexity index is 330. The van der Waals surface area contributed by atoms with Crippen LogP contribution in [-0.4, -0.2) is 29.2 Å². The Hall–Kier alpha value is -1.52. The van der Waals surface area contributed by atoms with Crippen LogP contribution in [0.25, 0.3) is 0 Å². The van der Waals surface area contributed by atoms with Crippen LogP contribution in [0.5, 0.6) is 0 Å². The highest BCUT2D eigenvalue weighted by Gasteiger charge is 2.46. The van der Waals surface area contributed by atoms with Crippen molar-refractivity contribution in [2.75, 3.05) is 6.54 Å². The van der Waals surface area contributed by atoms with Crippen LogP contribution in [0.1, 0.15) is 39.0 Å². The van der Waals surface area contributed by atoms with Gasteiger partial charge in [0.15, 0.2) is 0 Å². The van der Waals surface area contributed by atoms with Gasteiger partial charge in [-0.2, -0.15) is 0 Å². The lowest BCUT2D eigenvalue weighted by molar-refractivity contribution is -0.148. The first kappa shape index (κ1) is 14.5. The predicted molar refractivity (Wildman–Crippen MR) is 69.3 cm³/mol. The zero-order chi connectivity index (χ0) is 13.6. The van der Waals surface area contributed by atoms with Gasteiger partial charge in [0.1, 0.15) is 5.54 Å². The molecule has 0 spiro atoms. The monoisotopic (exact) mass is 254 g/mol. The number of carbonyl (C=O) groups excluding carboxylic acids is 1. The van der Waals surface area contributed by atoms with Crippen molar-refractivity contribution in [3.63, 3.8) is 0 Å². The van der Waals surface area contributed by atoms with Gasteiger partial charge in [-0.15, -0.1) is 6.58 Å². The Morgan fingerprint density at radius 3 is 2.78 bits per heavy atom. The van der Waals surface area contributed by atoms with Crippen LogP contribution in [-0.2, 0) is 4.79 Å². The van der Waals surface area contributed by atoms with E-state index in [4.69, 9.17) is 0 Å². The quantitative estimate of drug-likeness (QED) is 0.518. The molecule has 18 heavy (non-hydrogen) atoms. The molecule has 0 aliphatic heterocycles. The number of rotatable bonds is 5. The van der Waals surface area contributed by atoms with Crippen molar-refractivity contribution >= 4 is 12.0 Å². The number of hydrogen-bond donors (Lipinski definition) is 3. The van der Waals surface area contributed by atoms with E-state index in [1.807, 2.05) is 6.92 Å². The minimum Gasteiger partial charge on any atom is -0.479 e. The fraction of sp³-hybridized carbons (Fsp3) is 0.692. The third-order valence-electron chi connectivity index (χ3n) is 3.65. The Morgan fingerprint density at radius 1 is 1.50 bits per heavy atom. The average Bonchev–Trinajstić information content (AvgIpc) is 2.32. The molecular formula is C13H22N2O3. The topological polar surface area (TPSA) is 78.4 Å². The molecule has 0 aromatic carbocycles. The van der Waals surface area contributed by atoms with Crippen molar-refractivity contribution in [1.82, 2.24) is 10.6 Å². The van der Waals surface area contributed by atoms with Crippen LogP contribution in [0.4, 0.5) is 4.79 Å². The van der Waals surface area contributed by atoms with E-state index >= 15 is 0 Å². The first-order valence-electron chi connectivity index (χ1n) is 6.43. The van der Waals surface area contributed by atoms with Crippen LogP contribution in [0.2, 0.25) is 0 Å². The molecule has 0 aromatic heterocycles. The maximum absolute atomic E-state index is 11.7. The van der Waals surface area contributed by atoms with Gasteiger partial charge in [-0.1, -0.05) is 25.8 Å². The van der Waals surface area contributed by atoms with Crippen LogP contribution in [0, 0.1) is 5.92 Å². The van der Waals surface area contributed by atoms with Gasteiger partial charge >= 0.3 is 12.0 Å². The molecule has 1 aliphatic carbocycles. The molecule has 1 aliphatic rings. The van der Waals surface area contributed by atoms with E-state index in [9.17, 15) is 14.7 Å². The Labute approximate surface area is 108 Å². The van der Waals surface area contributed by atoms with E-state index < -0.39 is 17.5 Å². The number of urea groups is 1. The van der Waals surface area contributed by atoms with E-state index in [1.54, 1.807) is 6.08 Å². The minimum atomic E-state index is -1.11. The van der Waals surface area contributed by atoms with Gasteiger partial charge in [-0.25, -0.2) is 9.59 Å². The summed E-state index contributed by atoms with van der Waals surface area (Å²) in [5, 5.41) is 14.7. The summed E-state index contributed by atoms with van der Waals surface area (Å²) in [5.74, 6) is -0.984. The lowest BCUT2D eigenvalue weighted by Gasteiger charge is -2.39. The molecule has 3 N–H and O–H groups in total. The summed E-state index contributed by atoms with van der Waals surface area (Å²) in [7, 11) is 0. The zero-order valence-corrected chi connectivity index (χ0v) is 10.9. The number of carboxylic acids is 1. The summed E-state index contributed by atoms with van der Waals surface area (Å²) in [5.41, 5.74) is -1.11. The number of aliphatic carboxylic acids is 1. The molecule has 5 nitrogen and oxygen atoms in total. The van der Waals surface area contributed by atoms with E-state index in [2.05, 4.69) is 17.2 Å². The van der Waals surface area contributed by atoms with Crippen LogP contribution < -0.4 is 10.6 Å². The highest BCUT2D eigenvalue weighted by molar-refractivity contribution is 5.86. The average molecular weight is 254 g/mol. The molecule has 5 heteroatoms. The van der Waals surface area contributed by atoms with Crippen molar-refractivity contribution in [2.24, 2.45) is 5.92 Å². The highest BCUT2D eigenvalue weighted by Crippen LogP contribution is 2.33. The van der Waals surface area contributed by atoms with Gasteiger partial charge in [0.25, 0.3) is 0 Å². The van der Waals surface area contributed by atoms with Gasteiger partial charge in [-0.3, -0.25) is 0 Å². The Kier molecular flexibility index (Phi) is 5.19. The Balaban J connectivity index is 2.65. The molecule has 0 radical (unpaired) electrons. The van der Waals surface area contributed by atoms with Crippen molar-refractivity contribution in [3.8, 4) is 0 Å². The number of hydrogen-bond acceptors (Lipinski definition) is 2. The molecule has 102 valence electrons. The zero-order valence-electron chi connectivity index (χ0n) is 10.9. The van der Waals surface area contributed by atoms with Crippen LogP contribution in [0.15, 0.2) is 12.7 Å². The van der Waals surface area contributed by atoms with Gasteiger partial charge in [0.2, 0.25) is 0 Å². The molecule has 1 rings (SSSR count). The van der Waals surface area contributed by atoms with Crippen molar-refractivity contribution in [3.05, 3.63) is 12.7 Å². The van der Waals surface area contributed by atoms with Crippen LogP contribution in [0.3, 0.4) is 0 Å². The summed E-state index contributed by atoms with van der Waals surface area (Å²) >= 11 is 0. The fourth-order valence-corrected chi connectivity index (χ4v) is 2.44. The molecule has 2 atom stereocenters. The predicted octanol–water partition coefficient (Wildman–Crippen LogP) is 1.90. The third kappa shape index (κ3) is 3.24. The van der Waals surface area contributed by atoms with Crippen LogP contribution >= 0.6 is 0 Å². The molecule has 1 fully saturated rings. The smallest absolute Gasteiger partial charge is 0.329 e. The second kappa shape index (κ2) is 6.42. The van der Waals surface area contributed by atoms with Crippen molar-refractivity contribution in [1.29, 1.82) is 0 Å². The minimum absolute atomic E-state index is 0.0473. The van der Waals surface area contributed by atoms with E-state index in [0.717, 1.165) is 19.3 Å². The van der Waals surface area contributed by atoms with Gasteiger partial charge < -0.3 is 15.7 Å². The third-order valence-corrected chi connectivity index (χ3v) is 3.65. The number of nitrogens with one attached hydrogen (secondary N) is 2. The Morgan fingerprint density at radius 2 is 2.22 bits per heavy atom. The van der Waals surface area contributed by atoms with Gasteiger partial charge in [-0.05, 0) is 25.2 Å². The van der Waals surface area contributed by atoms with Crippen molar-refractivity contribution < 1.29 is 14.7 Å². The number of amides is 2. The first-order valence-corrected chi connectivity index (χ1v) is 6.43. The summed E-state index contributed by atoms with van der Waals surface area (Å²) in [6, 6.07) is -0.409. The fourth-order valence-electron chi connectivity index (χ4n) is 2.44. The van der Waals surface area contributed by atoms with E-state index in [0.29, 0.717) is 19.4 Å². The molecule has 0 bridgehead atoms. The first-order chi connectivity index (χ1) is 8.53. The molecular weight excluding hydrogens is 232 g/mol. The van der Waals surface area contributed by atoms with Gasteiger partial charge in [0, 0.05) is 6.54 Å². The van der Waals surface area contributed by atoms with Gasteiger partial charge in [0.05, 0.1) is 0 Å². The lowest BCUT2D eigenvalue weighted by atomic mass is 9.73. The highest BCUT2D eigenvalue weighted by atomic mass is 16.4.